The van der Waals surface area contributed by atoms with Crippen molar-refractivity contribution >= 4 is 17.5 Å². The van der Waals surface area contributed by atoms with Crippen LogP contribution >= 0.6 is 11.6 Å². The molecule has 0 radical (unpaired) electrons. The first-order valence-corrected chi connectivity index (χ1v) is 8.09. The summed E-state index contributed by atoms with van der Waals surface area (Å²) in [6, 6.07) is 4.65. The quantitative estimate of drug-likeness (QED) is 0.879. The molecule has 1 aliphatic carbocycles. The molecule has 1 fully saturated rings. The first-order chi connectivity index (χ1) is 11.0. The molecule has 1 heterocycles. The molecule has 1 amide bonds. The number of aromatic amines is 1. The Kier molecular flexibility index (Phi) is 4.39. The number of carbonyl (C=O) groups excluding carboxylic acids is 1. The molecule has 2 aromatic rings. The highest BCUT2D eigenvalue weighted by molar-refractivity contribution is 6.31. The van der Waals surface area contributed by atoms with Gasteiger partial charge in [-0.1, -0.05) is 17.7 Å². The molecule has 1 saturated carbocycles. The molecule has 1 aromatic carbocycles. The van der Waals surface area contributed by atoms with Crippen LogP contribution in [0.5, 0.6) is 0 Å². The van der Waals surface area contributed by atoms with Gasteiger partial charge in [-0.25, -0.2) is 4.39 Å². The number of hydrogen-bond acceptors (Lipinski definition) is 2. The number of rotatable bonds is 5. The molecule has 1 aromatic heterocycles. The first-order valence-electron chi connectivity index (χ1n) is 7.71. The van der Waals surface area contributed by atoms with E-state index in [0.29, 0.717) is 23.4 Å². The van der Waals surface area contributed by atoms with Crippen molar-refractivity contribution in [2.24, 2.45) is 0 Å². The van der Waals surface area contributed by atoms with Gasteiger partial charge in [0.05, 0.1) is 5.69 Å². The van der Waals surface area contributed by atoms with Crippen LogP contribution in [-0.2, 0) is 11.2 Å². The van der Waals surface area contributed by atoms with Gasteiger partial charge in [-0.2, -0.15) is 5.10 Å². The molecule has 4 nitrogen and oxygen atoms in total. The maximum atomic E-state index is 13.9. The molecule has 2 atom stereocenters. The fourth-order valence-electron chi connectivity index (χ4n) is 3.00. The lowest BCUT2D eigenvalue weighted by Crippen LogP contribution is -2.27. The molecule has 0 saturated heterocycles. The molecular formula is C17H19ClFN3O. The van der Waals surface area contributed by atoms with Crippen molar-refractivity contribution in [3.05, 3.63) is 51.6 Å². The van der Waals surface area contributed by atoms with Crippen molar-refractivity contribution < 1.29 is 9.18 Å². The standard InChI is InChI=1S/C17H19ClFN3O/c1-9-11(10(2)22-21-9)6-7-16(23)20-15-8-12(15)17-13(18)4-3-5-14(17)19/h3-5,12,15H,6-8H2,1-2H3,(H,20,23)(H,21,22)/t12-,15-/m1/s1. The molecule has 1 aliphatic rings. The number of aromatic nitrogens is 2. The van der Waals surface area contributed by atoms with Gasteiger partial charge in [0.25, 0.3) is 0 Å². The molecule has 23 heavy (non-hydrogen) atoms. The zero-order chi connectivity index (χ0) is 16.6. The Hall–Kier alpha value is -1.88. The lowest BCUT2D eigenvalue weighted by Gasteiger charge is -2.07. The maximum Gasteiger partial charge on any atom is 0.220 e. The monoisotopic (exact) mass is 335 g/mol. The topological polar surface area (TPSA) is 57.8 Å². The average molecular weight is 336 g/mol. The molecular weight excluding hydrogens is 317 g/mol. The van der Waals surface area contributed by atoms with Crippen LogP contribution in [0.4, 0.5) is 4.39 Å². The maximum absolute atomic E-state index is 13.9. The van der Waals surface area contributed by atoms with Crippen molar-refractivity contribution in [2.75, 3.05) is 0 Å². The second kappa shape index (κ2) is 6.32. The van der Waals surface area contributed by atoms with Gasteiger partial charge < -0.3 is 5.32 Å². The van der Waals surface area contributed by atoms with E-state index in [0.717, 1.165) is 23.4 Å². The summed E-state index contributed by atoms with van der Waals surface area (Å²) in [4.78, 5) is 12.1. The Balaban J connectivity index is 1.54. The van der Waals surface area contributed by atoms with E-state index in [1.54, 1.807) is 12.1 Å². The van der Waals surface area contributed by atoms with Crippen molar-refractivity contribution in [3.8, 4) is 0 Å². The predicted molar refractivity (Wildman–Crippen MR) is 87.1 cm³/mol. The number of aryl methyl sites for hydroxylation is 2. The summed E-state index contributed by atoms with van der Waals surface area (Å²) in [5.41, 5.74) is 3.53. The highest BCUT2D eigenvalue weighted by Gasteiger charge is 2.42. The van der Waals surface area contributed by atoms with E-state index in [4.69, 9.17) is 11.6 Å². The van der Waals surface area contributed by atoms with Crippen molar-refractivity contribution in [2.45, 2.75) is 45.1 Å². The number of carbonyl (C=O) groups is 1. The minimum Gasteiger partial charge on any atom is -0.353 e. The summed E-state index contributed by atoms with van der Waals surface area (Å²) in [6.07, 6.45) is 1.78. The predicted octanol–water partition coefficient (Wildman–Crippen LogP) is 3.42. The number of amides is 1. The Morgan fingerprint density at radius 1 is 1.48 bits per heavy atom. The van der Waals surface area contributed by atoms with Crippen LogP contribution in [0.3, 0.4) is 0 Å². The number of halogens is 2. The van der Waals surface area contributed by atoms with E-state index in [1.807, 2.05) is 13.8 Å². The number of nitrogens with one attached hydrogen (secondary N) is 2. The van der Waals surface area contributed by atoms with E-state index in [1.165, 1.54) is 6.07 Å². The molecule has 0 unspecified atom stereocenters. The van der Waals surface area contributed by atoms with E-state index in [-0.39, 0.29) is 23.7 Å². The van der Waals surface area contributed by atoms with Gasteiger partial charge >= 0.3 is 0 Å². The summed E-state index contributed by atoms with van der Waals surface area (Å²) in [6.45, 7) is 3.87. The van der Waals surface area contributed by atoms with Crippen LogP contribution in [-0.4, -0.2) is 22.1 Å². The van der Waals surface area contributed by atoms with Crippen LogP contribution in [0, 0.1) is 19.7 Å². The zero-order valence-electron chi connectivity index (χ0n) is 13.1. The summed E-state index contributed by atoms with van der Waals surface area (Å²) < 4.78 is 13.9. The van der Waals surface area contributed by atoms with Crippen LogP contribution in [0.25, 0.3) is 0 Å². The fourth-order valence-corrected chi connectivity index (χ4v) is 3.30. The van der Waals surface area contributed by atoms with E-state index < -0.39 is 0 Å². The van der Waals surface area contributed by atoms with Crippen LogP contribution in [0.1, 0.15) is 41.3 Å². The zero-order valence-corrected chi connectivity index (χ0v) is 13.9. The Bertz CT molecular complexity index is 704. The van der Waals surface area contributed by atoms with Crippen molar-refractivity contribution in [1.29, 1.82) is 0 Å². The minimum absolute atomic E-state index is 0.0231. The second-order valence-electron chi connectivity index (χ2n) is 6.06. The SMILES string of the molecule is Cc1n[nH]c(C)c1CCC(=O)N[C@@H]1C[C@H]1c1c(F)cccc1Cl. The number of benzene rings is 1. The lowest BCUT2D eigenvalue weighted by molar-refractivity contribution is -0.121. The number of H-pyrrole nitrogens is 1. The summed E-state index contributed by atoms with van der Waals surface area (Å²) in [5, 5.41) is 10.4. The van der Waals surface area contributed by atoms with Gasteiger partial charge in [0, 0.05) is 34.7 Å². The molecule has 3 rings (SSSR count). The highest BCUT2D eigenvalue weighted by Crippen LogP contribution is 2.44. The Morgan fingerprint density at radius 2 is 2.26 bits per heavy atom. The largest absolute Gasteiger partial charge is 0.353 e. The van der Waals surface area contributed by atoms with E-state index in [2.05, 4.69) is 15.5 Å². The Labute approximate surface area is 139 Å². The van der Waals surface area contributed by atoms with Gasteiger partial charge in [-0.05, 0) is 44.4 Å². The fraction of sp³-hybridized carbons (Fsp3) is 0.412. The van der Waals surface area contributed by atoms with Crippen molar-refractivity contribution in [1.82, 2.24) is 15.5 Å². The van der Waals surface area contributed by atoms with Crippen molar-refractivity contribution in [3.63, 3.8) is 0 Å². The number of nitrogens with zero attached hydrogens (tertiary/aromatic N) is 1. The van der Waals surface area contributed by atoms with E-state index in [9.17, 15) is 9.18 Å². The third-order valence-electron chi connectivity index (χ3n) is 4.39. The van der Waals surface area contributed by atoms with Gasteiger partial charge in [0.15, 0.2) is 0 Å². The number of hydrogen-bond donors (Lipinski definition) is 2. The third-order valence-corrected chi connectivity index (χ3v) is 4.72. The normalized spacial score (nSPS) is 19.7. The average Bonchev–Trinajstić information content (AvgIpc) is 3.15. The first kappa shape index (κ1) is 16.0. The molecule has 0 spiro atoms. The summed E-state index contributed by atoms with van der Waals surface area (Å²) >= 11 is 6.07. The summed E-state index contributed by atoms with van der Waals surface area (Å²) in [5.74, 6) is -0.348. The highest BCUT2D eigenvalue weighted by atomic mass is 35.5. The molecule has 122 valence electrons. The van der Waals surface area contributed by atoms with Gasteiger partial charge in [-0.3, -0.25) is 9.89 Å². The van der Waals surface area contributed by atoms with Gasteiger partial charge in [0.2, 0.25) is 5.91 Å². The van der Waals surface area contributed by atoms with E-state index >= 15 is 0 Å². The smallest absolute Gasteiger partial charge is 0.220 e. The molecule has 0 aliphatic heterocycles. The van der Waals surface area contributed by atoms with Crippen LogP contribution < -0.4 is 5.32 Å². The van der Waals surface area contributed by atoms with Crippen LogP contribution in [0.15, 0.2) is 18.2 Å². The van der Waals surface area contributed by atoms with Gasteiger partial charge in [0.1, 0.15) is 5.82 Å². The third kappa shape index (κ3) is 3.39. The van der Waals surface area contributed by atoms with Crippen LogP contribution in [0.2, 0.25) is 5.02 Å². The second-order valence-corrected chi connectivity index (χ2v) is 6.47. The lowest BCUT2D eigenvalue weighted by atomic mass is 10.1. The molecule has 6 heteroatoms. The summed E-state index contributed by atoms with van der Waals surface area (Å²) in [7, 11) is 0. The minimum atomic E-state index is -0.302. The molecule has 2 N–H and O–H groups in total. The Morgan fingerprint density at radius 3 is 2.91 bits per heavy atom. The van der Waals surface area contributed by atoms with Gasteiger partial charge in [-0.15, -0.1) is 0 Å². The molecule has 0 bridgehead atoms.